The number of aliphatic hydroxyl groups excluding tert-OH is 1. The molecule has 1 N–H and O–H groups in total. The first-order chi connectivity index (χ1) is 20.8. The second-order valence-electron chi connectivity index (χ2n) is 10.3. The number of hydrogen-bond donors (Lipinski definition) is 1. The molecule has 1 aromatic heterocycles. The van der Waals surface area contributed by atoms with Crippen molar-refractivity contribution in [1.29, 1.82) is 0 Å². The molecule has 3 atom stereocenters. The Balaban J connectivity index is 1.53. The summed E-state index contributed by atoms with van der Waals surface area (Å²) in [7, 11) is 3.22. The Morgan fingerprint density at radius 3 is 2.02 bits per heavy atom. The zero-order valence-corrected chi connectivity index (χ0v) is 24.3. The fourth-order valence-corrected chi connectivity index (χ4v) is 5.51. The van der Waals surface area contributed by atoms with Gasteiger partial charge in [-0.2, -0.15) is 0 Å². The van der Waals surface area contributed by atoms with E-state index < -0.39 is 35.3 Å². The summed E-state index contributed by atoms with van der Waals surface area (Å²) >= 11 is 0. The van der Waals surface area contributed by atoms with Gasteiger partial charge in [-0.15, -0.1) is 6.42 Å². The Morgan fingerprint density at radius 2 is 1.49 bits per heavy atom. The molecule has 1 aliphatic rings. The number of aromatic nitrogens is 2. The first-order valence-corrected chi connectivity index (χ1v) is 13.9. The Morgan fingerprint density at radius 1 is 0.930 bits per heavy atom. The molecule has 0 radical (unpaired) electrons. The third-order valence-corrected chi connectivity index (χ3v) is 7.77. The summed E-state index contributed by atoms with van der Waals surface area (Å²) in [6, 6.07) is 25.1. The fraction of sp³-hybridized carbons (Fsp3) is 0.294. The molecule has 0 aliphatic carbocycles. The van der Waals surface area contributed by atoms with Gasteiger partial charge in [-0.05, 0) is 47.9 Å². The van der Waals surface area contributed by atoms with Crippen LogP contribution in [0.25, 0.3) is 0 Å². The molecule has 0 unspecified atom stereocenters. The summed E-state index contributed by atoms with van der Waals surface area (Å²) in [6.07, 6.45) is 4.44. The summed E-state index contributed by atoms with van der Waals surface area (Å²) in [6.45, 7) is 1.43. The molecule has 0 bridgehead atoms. The van der Waals surface area contributed by atoms with Crippen molar-refractivity contribution in [3.8, 4) is 23.8 Å². The van der Waals surface area contributed by atoms with E-state index in [0.717, 1.165) is 21.3 Å². The van der Waals surface area contributed by atoms with E-state index in [2.05, 4.69) is 5.92 Å². The van der Waals surface area contributed by atoms with Crippen molar-refractivity contribution in [2.24, 2.45) is 0 Å². The van der Waals surface area contributed by atoms with Gasteiger partial charge >= 0.3 is 5.69 Å². The van der Waals surface area contributed by atoms with Crippen LogP contribution in [0, 0.1) is 19.3 Å². The molecule has 9 nitrogen and oxygen atoms in total. The summed E-state index contributed by atoms with van der Waals surface area (Å²) in [5, 5.41) is 11.1. The van der Waals surface area contributed by atoms with Gasteiger partial charge in [0.15, 0.2) is 0 Å². The highest BCUT2D eigenvalue weighted by Crippen LogP contribution is 2.42. The smallest absolute Gasteiger partial charge is 0.333 e. The molecule has 3 aromatic carbocycles. The van der Waals surface area contributed by atoms with Crippen LogP contribution in [-0.4, -0.2) is 47.3 Å². The van der Waals surface area contributed by atoms with Crippen molar-refractivity contribution >= 4 is 0 Å². The van der Waals surface area contributed by atoms with Crippen LogP contribution in [0.3, 0.4) is 0 Å². The highest BCUT2D eigenvalue weighted by Gasteiger charge is 2.42. The molecule has 0 spiro atoms. The molecule has 222 valence electrons. The third-order valence-electron chi connectivity index (χ3n) is 7.77. The molecule has 0 saturated carbocycles. The van der Waals surface area contributed by atoms with Gasteiger partial charge in [0, 0.05) is 18.2 Å². The molecule has 0 amide bonds. The van der Waals surface area contributed by atoms with Crippen molar-refractivity contribution in [3.63, 3.8) is 0 Å². The van der Waals surface area contributed by atoms with Gasteiger partial charge in [0.2, 0.25) is 0 Å². The molecular formula is C34H34N2O7. The minimum atomic E-state index is -1.10. The Labute approximate surface area is 249 Å². The van der Waals surface area contributed by atoms with Crippen LogP contribution < -0.4 is 20.7 Å². The maximum atomic E-state index is 13.1. The van der Waals surface area contributed by atoms with Crippen molar-refractivity contribution in [2.75, 3.05) is 20.8 Å². The number of methoxy groups -OCH3 is 2. The van der Waals surface area contributed by atoms with Crippen LogP contribution in [0.15, 0.2) is 94.6 Å². The Hall–Kier alpha value is -4.62. The monoisotopic (exact) mass is 582 g/mol. The van der Waals surface area contributed by atoms with Gasteiger partial charge in [-0.1, -0.05) is 60.5 Å². The van der Waals surface area contributed by atoms with E-state index in [0.29, 0.717) is 17.1 Å². The number of nitrogens with zero attached hydrogens (tertiary/aromatic N) is 2. The lowest BCUT2D eigenvalue weighted by atomic mass is 9.80. The molecular weight excluding hydrogens is 548 g/mol. The van der Waals surface area contributed by atoms with E-state index in [4.69, 9.17) is 25.4 Å². The summed E-state index contributed by atoms with van der Waals surface area (Å²) in [5.41, 5.74) is 0.724. The standard InChI is InChI=1S/C34H34N2O7/c1-5-19-35-32(38)23(2)21-36(33(35)39)31-20-29(37)30(43-31)22-42-34(24-9-7-6-8-10-24,25-11-15-27(40-3)16-12-25)26-13-17-28(41-4)18-14-26/h1,6-18,21,29-31,37H,19-20,22H2,2-4H3/t29-,30+,31+/m0/s1. The molecule has 1 saturated heterocycles. The zero-order valence-electron chi connectivity index (χ0n) is 24.3. The molecule has 1 fully saturated rings. The van der Waals surface area contributed by atoms with Gasteiger partial charge < -0.3 is 24.1 Å². The highest BCUT2D eigenvalue weighted by molar-refractivity contribution is 5.49. The van der Waals surface area contributed by atoms with Gasteiger partial charge in [0.05, 0.1) is 33.5 Å². The maximum absolute atomic E-state index is 13.1. The average molecular weight is 583 g/mol. The van der Waals surface area contributed by atoms with Crippen LogP contribution in [0.5, 0.6) is 11.5 Å². The van der Waals surface area contributed by atoms with Crippen LogP contribution in [0.1, 0.15) is 34.9 Å². The van der Waals surface area contributed by atoms with Crippen LogP contribution >= 0.6 is 0 Å². The SMILES string of the molecule is C#CCn1c(=O)c(C)cn([C@H]2C[C@H](O)[C@@H](COC(c3ccccc3)(c3ccc(OC)cc3)c3ccc(OC)cc3)O2)c1=O. The number of terminal acetylenes is 1. The summed E-state index contributed by atoms with van der Waals surface area (Å²) < 4.78 is 26.2. The average Bonchev–Trinajstić information content (AvgIpc) is 3.42. The zero-order chi connectivity index (χ0) is 30.6. The Bertz CT molecular complexity index is 1660. The first-order valence-electron chi connectivity index (χ1n) is 13.9. The van der Waals surface area contributed by atoms with Gasteiger partial charge in [0.1, 0.15) is 29.4 Å². The lowest BCUT2D eigenvalue weighted by Crippen LogP contribution is -2.42. The fourth-order valence-electron chi connectivity index (χ4n) is 5.51. The van der Waals surface area contributed by atoms with E-state index in [9.17, 15) is 14.7 Å². The lowest BCUT2D eigenvalue weighted by Gasteiger charge is -2.37. The van der Waals surface area contributed by atoms with E-state index in [-0.39, 0.29) is 19.6 Å². The van der Waals surface area contributed by atoms with Crippen molar-refractivity contribution < 1.29 is 24.1 Å². The van der Waals surface area contributed by atoms with Gasteiger partial charge in [-0.25, -0.2) is 9.36 Å². The first kappa shape index (κ1) is 29.9. The summed E-state index contributed by atoms with van der Waals surface area (Å²) in [4.78, 5) is 25.6. The van der Waals surface area contributed by atoms with E-state index >= 15 is 0 Å². The summed E-state index contributed by atoms with van der Waals surface area (Å²) in [5.74, 6) is 3.75. The number of ether oxygens (including phenoxy) is 4. The minimum absolute atomic E-state index is 0.0116. The number of hydrogen-bond acceptors (Lipinski definition) is 7. The van der Waals surface area contributed by atoms with Crippen LogP contribution in [-0.2, 0) is 21.6 Å². The van der Waals surface area contributed by atoms with Gasteiger partial charge in [-0.3, -0.25) is 9.36 Å². The van der Waals surface area contributed by atoms with Crippen molar-refractivity contribution in [2.45, 2.75) is 43.9 Å². The second-order valence-corrected chi connectivity index (χ2v) is 10.3. The largest absolute Gasteiger partial charge is 0.497 e. The number of benzene rings is 3. The molecule has 5 rings (SSSR count). The Kier molecular flexibility index (Phi) is 8.83. The van der Waals surface area contributed by atoms with E-state index in [1.807, 2.05) is 78.9 Å². The third kappa shape index (κ3) is 5.73. The predicted octanol–water partition coefficient (Wildman–Crippen LogP) is 3.63. The van der Waals surface area contributed by atoms with Crippen molar-refractivity contribution in [3.05, 3.63) is 128 Å². The maximum Gasteiger partial charge on any atom is 0.333 e. The van der Waals surface area contributed by atoms with E-state index in [1.165, 1.54) is 10.8 Å². The quantitative estimate of drug-likeness (QED) is 0.225. The number of aryl methyl sites for hydroxylation is 1. The van der Waals surface area contributed by atoms with Crippen LogP contribution in [0.2, 0.25) is 0 Å². The topological polar surface area (TPSA) is 101 Å². The van der Waals surface area contributed by atoms with E-state index in [1.54, 1.807) is 21.1 Å². The lowest BCUT2D eigenvalue weighted by molar-refractivity contribution is -0.0946. The molecule has 9 heteroatoms. The normalized spacial score (nSPS) is 18.3. The molecule has 1 aliphatic heterocycles. The van der Waals surface area contributed by atoms with Crippen molar-refractivity contribution in [1.82, 2.24) is 9.13 Å². The molecule has 2 heterocycles. The minimum Gasteiger partial charge on any atom is -0.497 e. The second kappa shape index (κ2) is 12.7. The number of rotatable bonds is 10. The molecule has 43 heavy (non-hydrogen) atoms. The van der Waals surface area contributed by atoms with Gasteiger partial charge in [0.25, 0.3) is 5.56 Å². The molecule has 4 aromatic rings. The highest BCUT2D eigenvalue weighted by atomic mass is 16.6. The van der Waals surface area contributed by atoms with Crippen LogP contribution in [0.4, 0.5) is 0 Å². The predicted molar refractivity (Wildman–Crippen MR) is 161 cm³/mol. The number of aliphatic hydroxyl groups is 1.